The van der Waals surface area contributed by atoms with Crippen molar-refractivity contribution < 1.29 is 38.0 Å². The summed E-state index contributed by atoms with van der Waals surface area (Å²) in [4.78, 5) is 34.8. The molecule has 0 saturated heterocycles. The second kappa shape index (κ2) is 12.5. The predicted octanol–water partition coefficient (Wildman–Crippen LogP) is 4.70. The van der Waals surface area contributed by atoms with Gasteiger partial charge in [0.25, 0.3) is 0 Å². The van der Waals surface area contributed by atoms with Crippen molar-refractivity contribution >= 4 is 33.8 Å². The standard InChI is InChI=1S/C25H26N2O8S2/c1-13-8-20(36-23(28)14-9-16(30-2)21(34-6)17(10-14)31-3)27-25(26-13)37-24(29)15-11-18(32-4)22(35-7)19(12-15)33-5/h8-12H,1-7H3. The maximum absolute atomic E-state index is 13.1. The van der Waals surface area contributed by atoms with Crippen molar-refractivity contribution in [2.24, 2.45) is 0 Å². The fourth-order valence-electron chi connectivity index (χ4n) is 3.30. The first-order valence-electron chi connectivity index (χ1n) is 10.7. The second-order valence-corrected chi connectivity index (χ2v) is 9.17. The molecule has 0 aliphatic carbocycles. The van der Waals surface area contributed by atoms with Gasteiger partial charge in [-0.25, -0.2) is 9.97 Å². The van der Waals surface area contributed by atoms with Gasteiger partial charge >= 0.3 is 0 Å². The Balaban J connectivity index is 1.86. The molecule has 1 aromatic heterocycles. The van der Waals surface area contributed by atoms with E-state index in [1.807, 2.05) is 0 Å². The van der Waals surface area contributed by atoms with Crippen LogP contribution >= 0.6 is 23.5 Å². The molecule has 0 aliphatic rings. The number of hydrogen-bond acceptors (Lipinski definition) is 12. The van der Waals surface area contributed by atoms with Crippen LogP contribution in [0.25, 0.3) is 0 Å². The van der Waals surface area contributed by atoms with Gasteiger partial charge in [-0.15, -0.1) is 0 Å². The molecule has 0 aliphatic heterocycles. The molecule has 12 heteroatoms. The Kier molecular flexibility index (Phi) is 9.48. The molecule has 37 heavy (non-hydrogen) atoms. The summed E-state index contributed by atoms with van der Waals surface area (Å²) in [5.74, 6) is 2.18. The van der Waals surface area contributed by atoms with Crippen molar-refractivity contribution in [3.05, 3.63) is 47.2 Å². The molecule has 1 heterocycles. The van der Waals surface area contributed by atoms with E-state index in [0.29, 0.717) is 56.3 Å². The number of ether oxygens (including phenoxy) is 6. The molecular weight excluding hydrogens is 520 g/mol. The van der Waals surface area contributed by atoms with Crippen LogP contribution in [-0.2, 0) is 0 Å². The van der Waals surface area contributed by atoms with Crippen LogP contribution in [0.5, 0.6) is 34.5 Å². The lowest BCUT2D eigenvalue weighted by Crippen LogP contribution is -2.03. The normalized spacial score (nSPS) is 10.5. The molecule has 0 fully saturated rings. The van der Waals surface area contributed by atoms with Gasteiger partial charge in [-0.2, -0.15) is 0 Å². The largest absolute Gasteiger partial charge is 0.493 e. The number of hydrogen-bond donors (Lipinski definition) is 0. The minimum Gasteiger partial charge on any atom is -0.493 e. The summed E-state index contributed by atoms with van der Waals surface area (Å²) in [6.45, 7) is 1.75. The molecule has 0 radical (unpaired) electrons. The summed E-state index contributed by atoms with van der Waals surface area (Å²) in [5, 5.41) is -0.0635. The lowest BCUT2D eigenvalue weighted by molar-refractivity contribution is 0.108. The first-order chi connectivity index (χ1) is 17.8. The zero-order valence-corrected chi connectivity index (χ0v) is 23.0. The number of methoxy groups -OCH3 is 6. The third kappa shape index (κ3) is 6.38. The summed E-state index contributed by atoms with van der Waals surface area (Å²) in [6, 6.07) is 7.89. The lowest BCUT2D eigenvalue weighted by atomic mass is 10.2. The van der Waals surface area contributed by atoms with Crippen LogP contribution in [0.3, 0.4) is 0 Å². The van der Waals surface area contributed by atoms with E-state index in [1.165, 1.54) is 42.7 Å². The van der Waals surface area contributed by atoms with E-state index in [-0.39, 0.29) is 15.4 Å². The highest BCUT2D eigenvalue weighted by Crippen LogP contribution is 2.41. The van der Waals surface area contributed by atoms with Gasteiger partial charge in [-0.3, -0.25) is 9.59 Å². The van der Waals surface area contributed by atoms with Gasteiger partial charge in [0.2, 0.25) is 21.7 Å². The molecule has 3 aromatic rings. The maximum Gasteiger partial charge on any atom is 0.227 e. The van der Waals surface area contributed by atoms with Crippen LogP contribution in [0.2, 0.25) is 0 Å². The van der Waals surface area contributed by atoms with E-state index in [9.17, 15) is 9.59 Å². The van der Waals surface area contributed by atoms with Crippen molar-refractivity contribution in [3.63, 3.8) is 0 Å². The van der Waals surface area contributed by atoms with Crippen LogP contribution in [0.15, 0.2) is 40.5 Å². The molecule has 2 aromatic carbocycles. The van der Waals surface area contributed by atoms with Gasteiger partial charge in [0.15, 0.2) is 28.2 Å². The summed E-state index contributed by atoms with van der Waals surface area (Å²) >= 11 is 1.72. The zero-order valence-electron chi connectivity index (χ0n) is 21.4. The number of carbonyl (C=O) groups excluding carboxylic acids is 2. The van der Waals surface area contributed by atoms with Crippen LogP contribution < -0.4 is 28.4 Å². The fourth-order valence-corrected chi connectivity index (χ4v) is 4.89. The van der Waals surface area contributed by atoms with Crippen molar-refractivity contribution in [1.82, 2.24) is 9.97 Å². The van der Waals surface area contributed by atoms with Gasteiger partial charge in [0.05, 0.1) is 42.7 Å². The zero-order chi connectivity index (χ0) is 27.1. The molecule has 196 valence electrons. The number of benzene rings is 2. The van der Waals surface area contributed by atoms with E-state index in [4.69, 9.17) is 28.4 Å². The quantitative estimate of drug-likeness (QED) is 0.199. The lowest BCUT2D eigenvalue weighted by Gasteiger charge is -2.14. The first-order valence-corrected chi connectivity index (χ1v) is 12.3. The van der Waals surface area contributed by atoms with E-state index in [2.05, 4.69) is 9.97 Å². The highest BCUT2D eigenvalue weighted by atomic mass is 32.2. The molecular formula is C25H26N2O8S2. The first kappa shape index (κ1) is 27.9. The van der Waals surface area contributed by atoms with E-state index in [1.54, 1.807) is 37.3 Å². The molecule has 10 nitrogen and oxygen atoms in total. The van der Waals surface area contributed by atoms with Gasteiger partial charge in [0.1, 0.15) is 5.03 Å². The average molecular weight is 547 g/mol. The highest BCUT2D eigenvalue weighted by Gasteiger charge is 2.21. The summed E-state index contributed by atoms with van der Waals surface area (Å²) in [6.07, 6.45) is 0. The molecule has 0 atom stereocenters. The van der Waals surface area contributed by atoms with Crippen LogP contribution in [-0.4, -0.2) is 62.9 Å². The monoisotopic (exact) mass is 546 g/mol. The third-order valence-electron chi connectivity index (χ3n) is 4.99. The van der Waals surface area contributed by atoms with Crippen molar-refractivity contribution in [2.45, 2.75) is 17.1 Å². The maximum atomic E-state index is 13.1. The smallest absolute Gasteiger partial charge is 0.227 e. The van der Waals surface area contributed by atoms with Gasteiger partial charge in [0, 0.05) is 16.8 Å². The van der Waals surface area contributed by atoms with Gasteiger partial charge in [-0.05, 0) is 60.8 Å². The molecule has 3 rings (SSSR count). The minimum absolute atomic E-state index is 0.193. The highest BCUT2D eigenvalue weighted by molar-refractivity contribution is 8.14. The Morgan fingerprint density at radius 1 is 0.595 bits per heavy atom. The van der Waals surface area contributed by atoms with E-state index in [0.717, 1.165) is 23.5 Å². The van der Waals surface area contributed by atoms with Crippen molar-refractivity contribution in [1.29, 1.82) is 0 Å². The molecule has 0 spiro atoms. The van der Waals surface area contributed by atoms with E-state index < -0.39 is 0 Å². The Labute approximate surface area is 223 Å². The van der Waals surface area contributed by atoms with Crippen molar-refractivity contribution in [3.8, 4) is 34.5 Å². The van der Waals surface area contributed by atoms with Crippen LogP contribution in [0.1, 0.15) is 26.4 Å². The number of aromatic nitrogens is 2. The summed E-state index contributed by atoms with van der Waals surface area (Å²) < 4.78 is 31.9. The van der Waals surface area contributed by atoms with Gasteiger partial charge in [-0.1, -0.05) is 0 Å². The Bertz CT molecular complexity index is 1170. The fraction of sp³-hybridized carbons (Fsp3) is 0.280. The Hall–Kier alpha value is -3.64. The van der Waals surface area contributed by atoms with E-state index >= 15 is 0 Å². The molecule has 0 bridgehead atoms. The molecule has 0 unspecified atom stereocenters. The minimum atomic E-state index is -0.336. The predicted molar refractivity (Wildman–Crippen MR) is 139 cm³/mol. The SMILES string of the molecule is COc1cc(C(=O)Sc2cc(C)nc(SC(=O)c3cc(OC)c(OC)c(OC)c3)n2)cc(OC)c1OC. The molecule has 0 amide bonds. The molecule has 0 saturated carbocycles. The Morgan fingerprint density at radius 2 is 1.00 bits per heavy atom. The Morgan fingerprint density at radius 3 is 1.38 bits per heavy atom. The number of aryl methyl sites for hydroxylation is 1. The van der Waals surface area contributed by atoms with Crippen LogP contribution in [0, 0.1) is 6.92 Å². The topological polar surface area (TPSA) is 115 Å². The van der Waals surface area contributed by atoms with Gasteiger partial charge < -0.3 is 28.4 Å². The van der Waals surface area contributed by atoms with Crippen LogP contribution in [0.4, 0.5) is 0 Å². The summed E-state index contributed by atoms with van der Waals surface area (Å²) in [5.41, 5.74) is 1.24. The third-order valence-corrected chi connectivity index (χ3v) is 6.62. The summed E-state index contributed by atoms with van der Waals surface area (Å²) in [7, 11) is 8.85. The number of carbonyl (C=O) groups is 2. The number of thioether (sulfide) groups is 2. The van der Waals surface area contributed by atoms with Crippen molar-refractivity contribution in [2.75, 3.05) is 42.7 Å². The number of nitrogens with zero attached hydrogens (tertiary/aromatic N) is 2. The second-order valence-electron chi connectivity index (χ2n) is 7.24. The average Bonchev–Trinajstić information content (AvgIpc) is 2.90. The number of rotatable bonds is 10. The molecule has 0 N–H and O–H groups in total.